The molecule has 0 saturated carbocycles. The fraction of sp³-hybridized carbons (Fsp3) is 0.500. The van der Waals surface area contributed by atoms with Crippen LogP contribution < -0.4 is 5.32 Å². The number of carbonyl (C=O) groups is 3. The highest BCUT2D eigenvalue weighted by molar-refractivity contribution is 7.16. The summed E-state index contributed by atoms with van der Waals surface area (Å²) in [5.74, 6) is -3.56. The molecular weight excluding hydrogens is 294 g/mol. The van der Waals surface area contributed by atoms with E-state index in [0.717, 1.165) is 10.4 Å². The Hall–Kier alpha value is -1.89. The van der Waals surface area contributed by atoms with Crippen LogP contribution in [0, 0.1) is 12.8 Å². The van der Waals surface area contributed by atoms with Crippen LogP contribution in [0.3, 0.4) is 0 Å². The molecule has 0 aromatic carbocycles. The number of aryl methyl sites for hydroxylation is 1. The molecule has 0 bridgehead atoms. The smallest absolute Gasteiger partial charge is 0.341 e. The Bertz CT molecular complexity index is 564. The third kappa shape index (κ3) is 3.81. The minimum Gasteiger partial charge on any atom is -0.481 e. The monoisotopic (exact) mass is 313 g/mol. The number of esters is 1. The van der Waals surface area contributed by atoms with E-state index in [-0.39, 0.29) is 6.61 Å². The van der Waals surface area contributed by atoms with Gasteiger partial charge in [-0.15, -0.1) is 11.3 Å². The third-order valence-electron chi connectivity index (χ3n) is 3.04. The molecule has 2 N–H and O–H groups in total. The average molecular weight is 313 g/mol. The van der Waals surface area contributed by atoms with Gasteiger partial charge in [0.15, 0.2) is 0 Å². The Morgan fingerprint density at radius 3 is 2.43 bits per heavy atom. The van der Waals surface area contributed by atoms with E-state index < -0.39 is 23.8 Å². The number of rotatable bonds is 6. The maximum Gasteiger partial charge on any atom is 0.341 e. The molecular formula is C14H19NO5S. The minimum absolute atomic E-state index is 0.232. The Morgan fingerprint density at radius 1 is 1.33 bits per heavy atom. The van der Waals surface area contributed by atoms with Gasteiger partial charge in [-0.2, -0.15) is 0 Å². The van der Waals surface area contributed by atoms with E-state index in [2.05, 4.69) is 5.32 Å². The molecule has 7 heteroatoms. The van der Waals surface area contributed by atoms with Crippen LogP contribution in [0.4, 0.5) is 5.00 Å². The first-order chi connectivity index (χ1) is 9.83. The number of ether oxygens (including phenoxy) is 1. The lowest BCUT2D eigenvalue weighted by atomic mass is 10.1. The van der Waals surface area contributed by atoms with E-state index in [1.807, 2.05) is 13.8 Å². The second-order valence-electron chi connectivity index (χ2n) is 4.46. The summed E-state index contributed by atoms with van der Waals surface area (Å²) in [6.45, 7) is 6.98. The van der Waals surface area contributed by atoms with Crippen molar-refractivity contribution in [3.63, 3.8) is 0 Å². The van der Waals surface area contributed by atoms with Crippen LogP contribution in [-0.2, 0) is 20.7 Å². The highest BCUT2D eigenvalue weighted by Gasteiger charge is 2.26. The van der Waals surface area contributed by atoms with Gasteiger partial charge in [-0.25, -0.2) is 4.79 Å². The van der Waals surface area contributed by atoms with Gasteiger partial charge in [0.05, 0.1) is 12.2 Å². The SMILES string of the molecule is CCOC(=O)c1c(NC(=O)C(C)C(=O)O)sc(C)c1CC. The van der Waals surface area contributed by atoms with Gasteiger partial charge in [0.1, 0.15) is 10.9 Å². The topological polar surface area (TPSA) is 92.7 Å². The normalized spacial score (nSPS) is 11.8. The van der Waals surface area contributed by atoms with Crippen molar-refractivity contribution in [1.82, 2.24) is 0 Å². The van der Waals surface area contributed by atoms with Crippen molar-refractivity contribution in [1.29, 1.82) is 0 Å². The first kappa shape index (κ1) is 17.2. The molecule has 0 saturated heterocycles. The van der Waals surface area contributed by atoms with Gasteiger partial charge in [-0.05, 0) is 32.8 Å². The van der Waals surface area contributed by atoms with Crippen LogP contribution >= 0.6 is 11.3 Å². The number of hydrogen-bond acceptors (Lipinski definition) is 5. The van der Waals surface area contributed by atoms with Crippen molar-refractivity contribution in [2.45, 2.75) is 34.1 Å². The summed E-state index contributed by atoms with van der Waals surface area (Å²) in [6, 6.07) is 0. The zero-order valence-electron chi connectivity index (χ0n) is 12.5. The highest BCUT2D eigenvalue weighted by Crippen LogP contribution is 2.34. The fourth-order valence-corrected chi connectivity index (χ4v) is 2.98. The zero-order chi connectivity index (χ0) is 16.2. The van der Waals surface area contributed by atoms with Crippen LogP contribution in [0.25, 0.3) is 0 Å². The van der Waals surface area contributed by atoms with Gasteiger partial charge in [0, 0.05) is 4.88 Å². The van der Waals surface area contributed by atoms with E-state index in [9.17, 15) is 14.4 Å². The molecule has 0 aliphatic rings. The van der Waals surface area contributed by atoms with Crippen LogP contribution in [0.2, 0.25) is 0 Å². The second kappa shape index (κ2) is 7.21. The van der Waals surface area contributed by atoms with Gasteiger partial charge in [0.25, 0.3) is 0 Å². The number of aliphatic carboxylic acids is 1. The van der Waals surface area contributed by atoms with Crippen molar-refractivity contribution >= 4 is 34.2 Å². The number of anilines is 1. The van der Waals surface area contributed by atoms with Crippen molar-refractivity contribution in [3.05, 3.63) is 16.0 Å². The number of nitrogens with one attached hydrogen (secondary N) is 1. The predicted molar refractivity (Wildman–Crippen MR) is 79.8 cm³/mol. The summed E-state index contributed by atoms with van der Waals surface area (Å²) in [4.78, 5) is 35.7. The number of carboxylic acids is 1. The highest BCUT2D eigenvalue weighted by atomic mass is 32.1. The molecule has 6 nitrogen and oxygen atoms in total. The Labute approximate surface area is 127 Å². The van der Waals surface area contributed by atoms with E-state index in [1.54, 1.807) is 6.92 Å². The lowest BCUT2D eigenvalue weighted by Crippen LogP contribution is -2.27. The second-order valence-corrected chi connectivity index (χ2v) is 5.69. The fourth-order valence-electron chi connectivity index (χ4n) is 1.84. The van der Waals surface area contributed by atoms with Crippen LogP contribution in [0.1, 0.15) is 41.6 Å². The van der Waals surface area contributed by atoms with Crippen molar-refractivity contribution in [3.8, 4) is 0 Å². The van der Waals surface area contributed by atoms with Gasteiger partial charge < -0.3 is 15.2 Å². The van der Waals surface area contributed by atoms with Crippen molar-refractivity contribution < 1.29 is 24.2 Å². The van der Waals surface area contributed by atoms with E-state index in [1.165, 1.54) is 18.3 Å². The van der Waals surface area contributed by atoms with Gasteiger partial charge in [0.2, 0.25) is 5.91 Å². The van der Waals surface area contributed by atoms with E-state index in [4.69, 9.17) is 9.84 Å². The number of hydrogen-bond donors (Lipinski definition) is 2. The largest absolute Gasteiger partial charge is 0.481 e. The van der Waals surface area contributed by atoms with E-state index >= 15 is 0 Å². The summed E-state index contributed by atoms with van der Waals surface area (Å²) >= 11 is 1.25. The van der Waals surface area contributed by atoms with Crippen LogP contribution in [-0.4, -0.2) is 29.6 Å². The Morgan fingerprint density at radius 2 is 1.95 bits per heavy atom. The standard InChI is InChI=1S/C14H19NO5S/c1-5-9-8(4)21-12(10(9)14(19)20-6-2)15-11(16)7(3)13(17)18/h7H,5-6H2,1-4H3,(H,15,16)(H,17,18). The molecule has 0 spiro atoms. The molecule has 0 aliphatic heterocycles. The molecule has 1 amide bonds. The molecule has 1 aromatic rings. The lowest BCUT2D eigenvalue weighted by molar-refractivity contribution is -0.144. The van der Waals surface area contributed by atoms with Gasteiger partial charge >= 0.3 is 11.9 Å². The number of amides is 1. The number of carboxylic acid groups (broad SMARTS) is 1. The Balaban J connectivity index is 3.15. The summed E-state index contributed by atoms with van der Waals surface area (Å²) in [6.07, 6.45) is 0.626. The van der Waals surface area contributed by atoms with Crippen LogP contribution in [0.15, 0.2) is 0 Å². The predicted octanol–water partition coefficient (Wildman–Crippen LogP) is 2.45. The molecule has 1 rings (SSSR count). The molecule has 1 atom stereocenters. The molecule has 0 aliphatic carbocycles. The van der Waals surface area contributed by atoms with Gasteiger partial charge in [-0.1, -0.05) is 6.92 Å². The molecule has 1 heterocycles. The minimum atomic E-state index is -1.21. The number of thiophene rings is 1. The maximum absolute atomic E-state index is 12.1. The summed E-state index contributed by atoms with van der Waals surface area (Å²) in [7, 11) is 0. The molecule has 1 aromatic heterocycles. The molecule has 116 valence electrons. The first-order valence-corrected chi connectivity index (χ1v) is 7.48. The third-order valence-corrected chi connectivity index (χ3v) is 4.11. The molecule has 0 radical (unpaired) electrons. The van der Waals surface area contributed by atoms with E-state index in [0.29, 0.717) is 17.0 Å². The first-order valence-electron chi connectivity index (χ1n) is 6.66. The zero-order valence-corrected chi connectivity index (χ0v) is 13.3. The van der Waals surface area contributed by atoms with Gasteiger partial charge in [-0.3, -0.25) is 9.59 Å². The lowest BCUT2D eigenvalue weighted by Gasteiger charge is -2.09. The molecule has 0 fully saturated rings. The van der Waals surface area contributed by atoms with Crippen molar-refractivity contribution in [2.24, 2.45) is 5.92 Å². The summed E-state index contributed by atoms with van der Waals surface area (Å²) < 4.78 is 5.01. The summed E-state index contributed by atoms with van der Waals surface area (Å²) in [5.41, 5.74) is 1.14. The molecule has 1 unspecified atom stereocenters. The van der Waals surface area contributed by atoms with Crippen LogP contribution in [0.5, 0.6) is 0 Å². The number of carbonyl (C=O) groups excluding carboxylic acids is 2. The van der Waals surface area contributed by atoms with Crippen molar-refractivity contribution in [2.75, 3.05) is 11.9 Å². The quantitative estimate of drug-likeness (QED) is 0.621. The molecule has 21 heavy (non-hydrogen) atoms. The maximum atomic E-state index is 12.1. The average Bonchev–Trinajstić information content (AvgIpc) is 2.73. The Kier molecular flexibility index (Phi) is 5.90. The summed E-state index contributed by atoms with van der Waals surface area (Å²) in [5, 5.41) is 11.7.